The smallest absolute Gasteiger partial charge is 0.225 e. The minimum atomic E-state index is -1.89. The monoisotopic (exact) mass is 625 g/mol. The second kappa shape index (κ2) is 14.3. The molecule has 3 aromatic carbocycles. The number of carbonyl (C=O) groups excluding carboxylic acids is 1. The first-order valence-electron chi connectivity index (χ1n) is 17.4. The van der Waals surface area contributed by atoms with Gasteiger partial charge < -0.3 is 14.5 Å². The van der Waals surface area contributed by atoms with Crippen molar-refractivity contribution in [3.8, 4) is 11.5 Å². The van der Waals surface area contributed by atoms with Gasteiger partial charge in [-0.05, 0) is 78.6 Å². The number of fused-ring (bicyclic) bond motifs is 2. The first-order chi connectivity index (χ1) is 21.4. The van der Waals surface area contributed by atoms with Gasteiger partial charge in [-0.1, -0.05) is 115 Å². The summed E-state index contributed by atoms with van der Waals surface area (Å²) in [7, 11) is -1.89. The van der Waals surface area contributed by atoms with Crippen LogP contribution in [0.3, 0.4) is 0 Å². The number of hydrogen-bond donors (Lipinski definition) is 1. The second-order valence-corrected chi connectivity index (χ2v) is 20.1. The lowest BCUT2D eigenvalue weighted by molar-refractivity contribution is -0.116. The van der Waals surface area contributed by atoms with E-state index < -0.39 is 8.32 Å². The van der Waals surface area contributed by atoms with E-state index in [4.69, 9.17) is 9.16 Å². The van der Waals surface area contributed by atoms with Gasteiger partial charge in [0.05, 0.1) is 0 Å². The van der Waals surface area contributed by atoms with Crippen LogP contribution in [0.25, 0.3) is 0 Å². The maximum absolute atomic E-state index is 13.8. The molecule has 0 aromatic heterocycles. The molecule has 1 aliphatic carbocycles. The van der Waals surface area contributed by atoms with Crippen molar-refractivity contribution in [2.45, 2.75) is 128 Å². The molecule has 4 nitrogen and oxygen atoms in total. The van der Waals surface area contributed by atoms with Crippen molar-refractivity contribution in [1.29, 1.82) is 0 Å². The SMILES string of the molecule is CC(C)c1ccc(CCC(CC2CCCCC2)O[Si](C)(C)C(C)(C)C)cc1NC(=O)CC1c2ccccc2Oc2ccccc21. The van der Waals surface area contributed by atoms with E-state index in [9.17, 15) is 4.79 Å². The van der Waals surface area contributed by atoms with Crippen LogP contribution >= 0.6 is 0 Å². The van der Waals surface area contributed by atoms with Crippen LogP contribution in [-0.2, 0) is 15.6 Å². The molecule has 1 unspecified atom stereocenters. The average Bonchev–Trinajstić information content (AvgIpc) is 2.99. The zero-order valence-electron chi connectivity index (χ0n) is 28.7. The molecule has 1 saturated carbocycles. The Hall–Kier alpha value is -2.89. The maximum Gasteiger partial charge on any atom is 0.225 e. The van der Waals surface area contributed by atoms with Crippen molar-refractivity contribution in [2.75, 3.05) is 5.32 Å². The molecular weight excluding hydrogens is 571 g/mol. The van der Waals surface area contributed by atoms with E-state index in [0.29, 0.717) is 12.3 Å². The van der Waals surface area contributed by atoms with Crippen LogP contribution < -0.4 is 10.1 Å². The Morgan fingerprint density at radius 2 is 1.56 bits per heavy atom. The molecule has 1 amide bonds. The third-order valence-electron chi connectivity index (χ3n) is 10.6. The normalized spacial score (nSPS) is 16.5. The average molecular weight is 626 g/mol. The summed E-state index contributed by atoms with van der Waals surface area (Å²) in [4.78, 5) is 13.8. The van der Waals surface area contributed by atoms with E-state index in [0.717, 1.165) is 47.1 Å². The molecule has 0 spiro atoms. The van der Waals surface area contributed by atoms with Crippen LogP contribution in [0.1, 0.15) is 120 Å². The minimum absolute atomic E-state index is 0.0296. The molecule has 2 aliphatic rings. The number of carbonyl (C=O) groups is 1. The van der Waals surface area contributed by atoms with Gasteiger partial charge in [0, 0.05) is 35.3 Å². The Labute approximate surface area is 273 Å². The van der Waals surface area contributed by atoms with E-state index in [2.05, 4.69) is 83.4 Å². The molecule has 45 heavy (non-hydrogen) atoms. The molecule has 1 N–H and O–H groups in total. The number of nitrogens with one attached hydrogen (secondary N) is 1. The zero-order chi connectivity index (χ0) is 32.2. The Morgan fingerprint density at radius 1 is 0.933 bits per heavy atom. The summed E-state index contributed by atoms with van der Waals surface area (Å²) in [6.07, 6.45) is 10.6. The second-order valence-electron chi connectivity index (χ2n) is 15.3. The largest absolute Gasteiger partial charge is 0.457 e. The zero-order valence-corrected chi connectivity index (χ0v) is 29.7. The van der Waals surface area contributed by atoms with Crippen LogP contribution in [0.2, 0.25) is 18.1 Å². The van der Waals surface area contributed by atoms with E-state index in [-0.39, 0.29) is 23.0 Å². The van der Waals surface area contributed by atoms with Crippen LogP contribution in [0, 0.1) is 5.92 Å². The number of para-hydroxylation sites is 2. The Kier molecular flexibility index (Phi) is 10.6. The fraction of sp³-hybridized carbons (Fsp3) is 0.525. The van der Waals surface area contributed by atoms with Gasteiger partial charge in [0.15, 0.2) is 8.32 Å². The first kappa shape index (κ1) is 33.5. The van der Waals surface area contributed by atoms with Crippen LogP contribution in [0.15, 0.2) is 66.7 Å². The fourth-order valence-electron chi connectivity index (χ4n) is 6.93. The van der Waals surface area contributed by atoms with Crippen LogP contribution in [0.4, 0.5) is 5.69 Å². The fourth-order valence-corrected chi connectivity index (χ4v) is 8.33. The van der Waals surface area contributed by atoms with Crippen molar-refractivity contribution >= 4 is 19.9 Å². The summed E-state index contributed by atoms with van der Waals surface area (Å²) in [5.74, 6) is 2.74. The van der Waals surface area contributed by atoms with Gasteiger partial charge in [0.25, 0.3) is 0 Å². The highest BCUT2D eigenvalue weighted by Gasteiger charge is 2.39. The number of aryl methyl sites for hydroxylation is 1. The van der Waals surface area contributed by atoms with Gasteiger partial charge in [-0.2, -0.15) is 0 Å². The highest BCUT2D eigenvalue weighted by molar-refractivity contribution is 6.74. The van der Waals surface area contributed by atoms with Crippen molar-refractivity contribution in [1.82, 2.24) is 0 Å². The number of rotatable bonds is 11. The molecule has 0 saturated heterocycles. The first-order valence-corrected chi connectivity index (χ1v) is 20.3. The van der Waals surface area contributed by atoms with Crippen LogP contribution in [0.5, 0.6) is 11.5 Å². The van der Waals surface area contributed by atoms with Gasteiger partial charge in [-0.25, -0.2) is 0 Å². The molecule has 5 heteroatoms. The number of hydrogen-bond acceptors (Lipinski definition) is 3. The Bertz CT molecular complexity index is 1400. The van der Waals surface area contributed by atoms with Gasteiger partial charge >= 0.3 is 0 Å². The van der Waals surface area contributed by atoms with Crippen molar-refractivity contribution in [2.24, 2.45) is 5.92 Å². The molecular formula is C40H55NO3Si. The molecule has 242 valence electrons. The highest BCUT2D eigenvalue weighted by atomic mass is 28.4. The summed E-state index contributed by atoms with van der Waals surface area (Å²) in [6, 6.07) is 22.9. The molecule has 1 fully saturated rings. The lowest BCUT2D eigenvalue weighted by atomic mass is 9.84. The molecule has 1 heterocycles. The lowest BCUT2D eigenvalue weighted by Gasteiger charge is -2.40. The van der Waals surface area contributed by atoms with Gasteiger partial charge in [-0.15, -0.1) is 0 Å². The van der Waals surface area contributed by atoms with E-state index >= 15 is 0 Å². The Morgan fingerprint density at radius 3 is 2.16 bits per heavy atom. The van der Waals surface area contributed by atoms with Crippen LogP contribution in [-0.4, -0.2) is 20.3 Å². The quantitative estimate of drug-likeness (QED) is 0.216. The Balaban J connectivity index is 1.32. The predicted molar refractivity (Wildman–Crippen MR) is 190 cm³/mol. The van der Waals surface area contributed by atoms with Crippen molar-refractivity contribution < 1.29 is 14.0 Å². The predicted octanol–water partition coefficient (Wildman–Crippen LogP) is 11.4. The number of amides is 1. The topological polar surface area (TPSA) is 47.6 Å². The van der Waals surface area contributed by atoms with E-state index in [1.807, 2.05) is 36.4 Å². The summed E-state index contributed by atoms with van der Waals surface area (Å²) in [6.45, 7) is 16.2. The van der Waals surface area contributed by atoms with Gasteiger partial charge in [-0.3, -0.25) is 4.79 Å². The number of anilines is 1. The third-order valence-corrected chi connectivity index (χ3v) is 15.1. The molecule has 3 aromatic rings. The lowest BCUT2D eigenvalue weighted by Crippen LogP contribution is -2.44. The number of benzene rings is 3. The molecule has 1 aliphatic heterocycles. The minimum Gasteiger partial charge on any atom is -0.457 e. The number of ether oxygens (including phenoxy) is 1. The van der Waals surface area contributed by atoms with Gasteiger partial charge in [0.1, 0.15) is 11.5 Å². The van der Waals surface area contributed by atoms with Gasteiger partial charge in [0.2, 0.25) is 5.91 Å². The molecule has 0 radical (unpaired) electrons. The standard InChI is InChI=1S/C40H55NO3Si/c1-28(2)32-24-22-30(21-23-31(25-29-15-9-8-10-16-29)44-45(6,7)40(3,4)5)26-36(32)41-39(42)27-35-33-17-11-13-19-37(33)43-38-20-14-12-18-34(35)38/h11-14,17-20,22,24,26,28-29,31,35H,8-10,15-16,21,23,25,27H2,1-7H3,(H,41,42). The van der Waals surface area contributed by atoms with Crippen molar-refractivity contribution in [3.05, 3.63) is 89.0 Å². The maximum atomic E-state index is 13.8. The van der Waals surface area contributed by atoms with E-state index in [1.165, 1.54) is 49.7 Å². The molecule has 0 bridgehead atoms. The third kappa shape index (κ3) is 8.29. The summed E-state index contributed by atoms with van der Waals surface area (Å²) in [5.41, 5.74) is 5.51. The van der Waals surface area contributed by atoms with Crippen molar-refractivity contribution in [3.63, 3.8) is 0 Å². The molecule has 1 atom stereocenters. The molecule has 5 rings (SSSR count). The van der Waals surface area contributed by atoms with E-state index in [1.54, 1.807) is 0 Å². The summed E-state index contributed by atoms with van der Waals surface area (Å²) in [5, 5.41) is 3.54. The summed E-state index contributed by atoms with van der Waals surface area (Å²) >= 11 is 0. The highest BCUT2D eigenvalue weighted by Crippen LogP contribution is 2.45. The summed E-state index contributed by atoms with van der Waals surface area (Å²) < 4.78 is 13.3.